The molecule has 1 fully saturated rings. The largest absolute Gasteiger partial charge is 0.350 e. The number of halogens is 1. The van der Waals surface area contributed by atoms with Crippen molar-refractivity contribution in [2.24, 2.45) is 0 Å². The smallest absolute Gasteiger partial charge is 0.247 e. The maximum absolute atomic E-state index is 12.5. The highest BCUT2D eigenvalue weighted by atomic mass is 35.5. The van der Waals surface area contributed by atoms with Gasteiger partial charge in [-0.05, 0) is 51.0 Å². The van der Waals surface area contributed by atoms with Gasteiger partial charge in [0, 0.05) is 22.4 Å². The summed E-state index contributed by atoms with van der Waals surface area (Å²) in [5.74, 6) is 0.885. The highest BCUT2D eigenvalue weighted by molar-refractivity contribution is 7.99. The molecule has 0 bridgehead atoms. The van der Waals surface area contributed by atoms with Crippen LogP contribution in [0.1, 0.15) is 31.9 Å². The molecule has 0 aromatic heterocycles. The first kappa shape index (κ1) is 18.9. The molecule has 1 aliphatic heterocycles. The van der Waals surface area contributed by atoms with Gasteiger partial charge in [0.2, 0.25) is 11.8 Å². The molecule has 1 aliphatic rings. The highest BCUT2D eigenvalue weighted by Gasteiger charge is 2.34. The molecule has 0 saturated carbocycles. The van der Waals surface area contributed by atoms with Crippen LogP contribution in [0.2, 0.25) is 5.02 Å². The van der Waals surface area contributed by atoms with Crippen molar-refractivity contribution in [2.45, 2.75) is 39.3 Å². The van der Waals surface area contributed by atoms with Crippen LogP contribution < -0.4 is 5.32 Å². The van der Waals surface area contributed by atoms with E-state index in [1.165, 1.54) is 6.08 Å². The molecule has 1 aromatic carbocycles. The van der Waals surface area contributed by atoms with Gasteiger partial charge in [-0.2, -0.15) is 0 Å². The third-order valence-corrected chi connectivity index (χ3v) is 5.00. The molecule has 2 amide bonds. The van der Waals surface area contributed by atoms with Crippen molar-refractivity contribution in [3.8, 4) is 0 Å². The van der Waals surface area contributed by atoms with Gasteiger partial charge in [0.1, 0.15) is 6.04 Å². The molecule has 2 rings (SSSR count). The summed E-state index contributed by atoms with van der Waals surface area (Å²) < 4.78 is 0. The van der Waals surface area contributed by atoms with Crippen molar-refractivity contribution in [2.75, 3.05) is 11.6 Å². The molecular formula is C18H23ClN2O2S. The lowest BCUT2D eigenvalue weighted by Gasteiger charge is -2.27. The van der Waals surface area contributed by atoms with Crippen molar-refractivity contribution >= 4 is 41.3 Å². The van der Waals surface area contributed by atoms with E-state index in [9.17, 15) is 9.59 Å². The monoisotopic (exact) mass is 366 g/mol. The van der Waals surface area contributed by atoms with Gasteiger partial charge >= 0.3 is 0 Å². The Morgan fingerprint density at radius 1 is 1.38 bits per heavy atom. The normalized spacial score (nSPS) is 18.2. The van der Waals surface area contributed by atoms with Gasteiger partial charge in [-0.3, -0.25) is 9.59 Å². The quantitative estimate of drug-likeness (QED) is 0.833. The fourth-order valence-electron chi connectivity index (χ4n) is 2.31. The van der Waals surface area contributed by atoms with Crippen molar-refractivity contribution in [3.63, 3.8) is 0 Å². The molecule has 1 atom stereocenters. The van der Waals surface area contributed by atoms with E-state index in [1.54, 1.807) is 22.7 Å². The lowest BCUT2D eigenvalue weighted by Crippen LogP contribution is -2.52. The van der Waals surface area contributed by atoms with E-state index in [2.05, 4.69) is 5.32 Å². The van der Waals surface area contributed by atoms with Crippen LogP contribution in [0.3, 0.4) is 0 Å². The molecular weight excluding hydrogens is 344 g/mol. The van der Waals surface area contributed by atoms with Gasteiger partial charge in [-0.15, -0.1) is 11.8 Å². The molecule has 0 aliphatic carbocycles. The Labute approximate surface area is 152 Å². The van der Waals surface area contributed by atoms with E-state index < -0.39 is 6.04 Å². The maximum Gasteiger partial charge on any atom is 0.247 e. The molecule has 1 heterocycles. The molecule has 4 nitrogen and oxygen atoms in total. The van der Waals surface area contributed by atoms with E-state index >= 15 is 0 Å². The van der Waals surface area contributed by atoms with Crippen LogP contribution in [0.5, 0.6) is 0 Å². The summed E-state index contributed by atoms with van der Waals surface area (Å²) in [5.41, 5.74) is 1.55. The Morgan fingerprint density at radius 3 is 2.71 bits per heavy atom. The minimum absolute atomic E-state index is 0.104. The Bertz CT molecular complexity index is 667. The molecule has 0 radical (unpaired) electrons. The summed E-state index contributed by atoms with van der Waals surface area (Å²) in [6.07, 6.45) is 3.24. The van der Waals surface area contributed by atoms with Gasteiger partial charge in [-0.25, -0.2) is 0 Å². The number of aryl methyl sites for hydroxylation is 1. The number of rotatable bonds is 3. The first-order chi connectivity index (χ1) is 11.2. The number of hydrogen-bond acceptors (Lipinski definition) is 3. The van der Waals surface area contributed by atoms with E-state index in [1.807, 2.05) is 45.9 Å². The average Bonchev–Trinajstić information content (AvgIpc) is 2.96. The molecule has 6 heteroatoms. The zero-order chi connectivity index (χ0) is 17.9. The Balaban J connectivity index is 2.06. The first-order valence-electron chi connectivity index (χ1n) is 7.82. The number of carbonyl (C=O) groups is 2. The molecule has 24 heavy (non-hydrogen) atoms. The Kier molecular flexibility index (Phi) is 5.99. The fraction of sp³-hybridized carbons (Fsp3) is 0.444. The second-order valence-electron chi connectivity index (χ2n) is 6.90. The van der Waals surface area contributed by atoms with E-state index in [0.29, 0.717) is 16.7 Å². The summed E-state index contributed by atoms with van der Waals surface area (Å²) in [4.78, 5) is 26.4. The van der Waals surface area contributed by atoms with Crippen molar-refractivity contribution in [1.82, 2.24) is 10.2 Å². The van der Waals surface area contributed by atoms with Crippen LogP contribution in [-0.2, 0) is 9.59 Å². The standard InChI is InChI=1S/C18H23ClN2O2S/c1-12-5-6-13(9-14(12)19)7-8-16(22)21-11-24-10-15(21)17(23)20-18(2,3)4/h5-9,15H,10-11H2,1-4H3,(H,20,23)/b8-7+. The van der Waals surface area contributed by atoms with Crippen LogP contribution in [0, 0.1) is 6.92 Å². The molecule has 130 valence electrons. The average molecular weight is 367 g/mol. The topological polar surface area (TPSA) is 49.4 Å². The minimum atomic E-state index is -0.423. The lowest BCUT2D eigenvalue weighted by atomic mass is 10.1. The van der Waals surface area contributed by atoms with Gasteiger partial charge < -0.3 is 10.2 Å². The second kappa shape index (κ2) is 7.62. The molecule has 0 spiro atoms. The van der Waals surface area contributed by atoms with Gasteiger partial charge in [0.05, 0.1) is 5.88 Å². The lowest BCUT2D eigenvalue weighted by molar-refractivity contribution is -0.135. The third kappa shape index (κ3) is 5.02. The molecule has 1 unspecified atom stereocenters. The summed E-state index contributed by atoms with van der Waals surface area (Å²) in [5, 5.41) is 3.62. The Hall–Kier alpha value is -1.46. The number of benzene rings is 1. The highest BCUT2D eigenvalue weighted by Crippen LogP contribution is 2.23. The number of amides is 2. The van der Waals surface area contributed by atoms with Crippen LogP contribution in [0.15, 0.2) is 24.3 Å². The molecule has 1 N–H and O–H groups in total. The van der Waals surface area contributed by atoms with E-state index in [4.69, 9.17) is 11.6 Å². The second-order valence-corrected chi connectivity index (χ2v) is 8.31. The van der Waals surface area contributed by atoms with Gasteiger partial charge in [0.25, 0.3) is 0 Å². The van der Waals surface area contributed by atoms with Crippen LogP contribution in [0.25, 0.3) is 6.08 Å². The van der Waals surface area contributed by atoms with Crippen LogP contribution in [-0.4, -0.2) is 39.9 Å². The van der Waals surface area contributed by atoms with Crippen molar-refractivity contribution in [3.05, 3.63) is 40.4 Å². The van der Waals surface area contributed by atoms with Gasteiger partial charge in [0.15, 0.2) is 0 Å². The first-order valence-corrected chi connectivity index (χ1v) is 9.35. The fourth-order valence-corrected chi connectivity index (χ4v) is 3.66. The summed E-state index contributed by atoms with van der Waals surface area (Å²) in [7, 11) is 0. The molecule has 1 saturated heterocycles. The number of nitrogens with zero attached hydrogens (tertiary/aromatic N) is 1. The number of nitrogens with one attached hydrogen (secondary N) is 1. The summed E-state index contributed by atoms with van der Waals surface area (Å²) in [6.45, 7) is 7.72. The number of hydrogen-bond donors (Lipinski definition) is 1. The van der Waals surface area contributed by atoms with Crippen LogP contribution in [0.4, 0.5) is 0 Å². The SMILES string of the molecule is Cc1ccc(/C=C/C(=O)N2CSCC2C(=O)NC(C)(C)C)cc1Cl. The van der Waals surface area contributed by atoms with Crippen molar-refractivity contribution in [1.29, 1.82) is 0 Å². The number of carbonyl (C=O) groups excluding carboxylic acids is 2. The minimum Gasteiger partial charge on any atom is -0.350 e. The maximum atomic E-state index is 12.5. The van der Waals surface area contributed by atoms with Crippen molar-refractivity contribution < 1.29 is 9.59 Å². The zero-order valence-electron chi connectivity index (χ0n) is 14.4. The van der Waals surface area contributed by atoms with E-state index in [0.717, 1.165) is 11.1 Å². The summed E-state index contributed by atoms with van der Waals surface area (Å²) in [6, 6.07) is 5.22. The van der Waals surface area contributed by atoms with E-state index in [-0.39, 0.29) is 17.4 Å². The predicted octanol–water partition coefficient (Wildman–Crippen LogP) is 3.48. The number of thioether (sulfide) groups is 1. The molecule has 1 aromatic rings. The predicted molar refractivity (Wildman–Crippen MR) is 101 cm³/mol. The zero-order valence-corrected chi connectivity index (χ0v) is 16.0. The third-order valence-electron chi connectivity index (χ3n) is 3.58. The van der Waals surface area contributed by atoms with Crippen LogP contribution >= 0.6 is 23.4 Å². The summed E-state index contributed by atoms with van der Waals surface area (Å²) >= 11 is 7.69. The van der Waals surface area contributed by atoms with Gasteiger partial charge in [-0.1, -0.05) is 23.7 Å². The Morgan fingerprint density at radius 2 is 2.08 bits per heavy atom.